The molecule has 0 bridgehead atoms. The van der Waals surface area contributed by atoms with Crippen molar-refractivity contribution in [2.24, 2.45) is 0 Å². The maximum absolute atomic E-state index is 13.4. The summed E-state index contributed by atoms with van der Waals surface area (Å²) in [5.74, 6) is -0.353. The average molecular weight is 276 g/mol. The van der Waals surface area contributed by atoms with Gasteiger partial charge in [-0.25, -0.2) is 4.39 Å². The summed E-state index contributed by atoms with van der Waals surface area (Å²) in [7, 11) is 0. The van der Waals surface area contributed by atoms with Crippen LogP contribution in [0.15, 0.2) is 42.5 Å². The molecule has 2 rings (SSSR count). The largest absolute Gasteiger partial charge is 0.485 e. The fourth-order valence-electron chi connectivity index (χ4n) is 1.73. The lowest BCUT2D eigenvalue weighted by molar-refractivity contribution is 0.225. The maximum Gasteiger partial charge on any atom is 0.144 e. The van der Waals surface area contributed by atoms with Gasteiger partial charge in [0.2, 0.25) is 0 Å². The van der Waals surface area contributed by atoms with Crippen molar-refractivity contribution in [2.45, 2.75) is 13.0 Å². The minimum absolute atomic E-state index is 0.0867. The summed E-state index contributed by atoms with van der Waals surface area (Å²) in [4.78, 5) is 0. The first kappa shape index (κ1) is 13.4. The van der Waals surface area contributed by atoms with Crippen molar-refractivity contribution in [1.29, 1.82) is 5.26 Å². The first-order valence-electron chi connectivity index (χ1n) is 5.72. The molecule has 2 aromatic rings. The van der Waals surface area contributed by atoms with Gasteiger partial charge in [-0.05, 0) is 36.8 Å². The van der Waals surface area contributed by atoms with Crippen LogP contribution >= 0.6 is 11.6 Å². The van der Waals surface area contributed by atoms with Crippen LogP contribution in [0.1, 0.15) is 24.2 Å². The van der Waals surface area contributed by atoms with Gasteiger partial charge in [-0.1, -0.05) is 29.8 Å². The van der Waals surface area contributed by atoms with E-state index in [0.717, 1.165) is 5.56 Å². The molecular weight excluding hydrogens is 265 g/mol. The smallest absolute Gasteiger partial charge is 0.144 e. The number of rotatable bonds is 3. The van der Waals surface area contributed by atoms with E-state index in [4.69, 9.17) is 21.6 Å². The fraction of sp³-hybridized carbons (Fsp3) is 0.133. The summed E-state index contributed by atoms with van der Waals surface area (Å²) < 4.78 is 19.1. The molecular formula is C15H11ClFNO. The van der Waals surface area contributed by atoms with Gasteiger partial charge in [0.1, 0.15) is 29.3 Å². The van der Waals surface area contributed by atoms with Gasteiger partial charge in [-0.3, -0.25) is 0 Å². The van der Waals surface area contributed by atoms with E-state index in [1.165, 1.54) is 12.1 Å². The van der Waals surface area contributed by atoms with Crippen molar-refractivity contribution in [1.82, 2.24) is 0 Å². The predicted molar refractivity (Wildman–Crippen MR) is 71.6 cm³/mol. The second-order valence-corrected chi connectivity index (χ2v) is 4.48. The zero-order valence-corrected chi connectivity index (χ0v) is 11.0. The minimum atomic E-state index is -0.585. The van der Waals surface area contributed by atoms with Crippen molar-refractivity contribution >= 4 is 11.6 Å². The highest BCUT2D eigenvalue weighted by Gasteiger charge is 2.13. The molecule has 0 N–H and O–H groups in total. The average Bonchev–Trinajstić information content (AvgIpc) is 2.39. The Labute approximate surface area is 116 Å². The zero-order chi connectivity index (χ0) is 13.8. The third-order valence-electron chi connectivity index (χ3n) is 2.71. The van der Waals surface area contributed by atoms with Gasteiger partial charge in [-0.2, -0.15) is 5.26 Å². The van der Waals surface area contributed by atoms with Crippen molar-refractivity contribution in [2.75, 3.05) is 0 Å². The normalized spacial score (nSPS) is 11.7. The van der Waals surface area contributed by atoms with Crippen LogP contribution in [0.4, 0.5) is 4.39 Å². The van der Waals surface area contributed by atoms with Gasteiger partial charge in [0.05, 0.1) is 0 Å². The van der Waals surface area contributed by atoms with E-state index in [1.807, 2.05) is 19.1 Å². The third kappa shape index (κ3) is 3.04. The van der Waals surface area contributed by atoms with Gasteiger partial charge in [0.25, 0.3) is 0 Å². The van der Waals surface area contributed by atoms with E-state index < -0.39 is 5.82 Å². The molecule has 0 radical (unpaired) electrons. The van der Waals surface area contributed by atoms with Crippen molar-refractivity contribution in [3.05, 3.63) is 64.4 Å². The van der Waals surface area contributed by atoms with Crippen LogP contribution in [-0.2, 0) is 0 Å². The van der Waals surface area contributed by atoms with E-state index in [1.54, 1.807) is 24.3 Å². The summed E-state index contributed by atoms with van der Waals surface area (Å²) >= 11 is 5.91. The molecule has 0 heterocycles. The lowest BCUT2D eigenvalue weighted by Crippen LogP contribution is -2.05. The van der Waals surface area contributed by atoms with Gasteiger partial charge >= 0.3 is 0 Å². The molecule has 19 heavy (non-hydrogen) atoms. The molecule has 0 aromatic heterocycles. The second-order valence-electron chi connectivity index (χ2n) is 4.04. The lowest BCUT2D eigenvalue weighted by atomic mass is 10.1. The molecule has 0 unspecified atom stereocenters. The van der Waals surface area contributed by atoms with Gasteiger partial charge < -0.3 is 4.74 Å². The molecule has 1 atom stereocenters. The van der Waals surface area contributed by atoms with Crippen LogP contribution in [0.5, 0.6) is 5.75 Å². The molecule has 0 saturated carbocycles. The topological polar surface area (TPSA) is 33.0 Å². The molecule has 0 aliphatic carbocycles. The Morgan fingerprint density at radius 3 is 2.68 bits per heavy atom. The minimum Gasteiger partial charge on any atom is -0.485 e. The maximum atomic E-state index is 13.4. The van der Waals surface area contributed by atoms with Crippen molar-refractivity contribution < 1.29 is 9.13 Å². The van der Waals surface area contributed by atoms with Crippen molar-refractivity contribution in [3.8, 4) is 11.8 Å². The Kier molecular flexibility index (Phi) is 4.03. The predicted octanol–water partition coefficient (Wildman–Crippen LogP) is 4.49. The van der Waals surface area contributed by atoms with Gasteiger partial charge in [-0.15, -0.1) is 0 Å². The Hall–Kier alpha value is -2.05. The van der Waals surface area contributed by atoms with Crippen LogP contribution in [0.25, 0.3) is 0 Å². The number of nitriles is 1. The summed E-state index contributed by atoms with van der Waals surface area (Å²) in [5, 5.41) is 9.54. The summed E-state index contributed by atoms with van der Waals surface area (Å²) in [6.07, 6.45) is -0.326. The molecule has 0 spiro atoms. The highest BCUT2D eigenvalue weighted by molar-refractivity contribution is 6.30. The van der Waals surface area contributed by atoms with Crippen LogP contribution < -0.4 is 4.74 Å². The highest BCUT2D eigenvalue weighted by Crippen LogP contribution is 2.27. The van der Waals surface area contributed by atoms with Crippen LogP contribution in [0.3, 0.4) is 0 Å². The quantitative estimate of drug-likeness (QED) is 0.827. The number of ether oxygens (including phenoxy) is 1. The Morgan fingerprint density at radius 1 is 1.26 bits per heavy atom. The number of hydrogen-bond acceptors (Lipinski definition) is 2. The Balaban J connectivity index is 2.27. The molecule has 2 nitrogen and oxygen atoms in total. The molecule has 0 saturated heterocycles. The van der Waals surface area contributed by atoms with Crippen LogP contribution in [-0.4, -0.2) is 0 Å². The summed E-state index contributed by atoms with van der Waals surface area (Å²) in [6, 6.07) is 13.3. The van der Waals surface area contributed by atoms with Gasteiger partial charge in [0.15, 0.2) is 0 Å². The number of halogens is 2. The molecule has 0 amide bonds. The van der Waals surface area contributed by atoms with E-state index >= 15 is 0 Å². The molecule has 2 aromatic carbocycles. The fourth-order valence-corrected chi connectivity index (χ4v) is 1.93. The lowest BCUT2D eigenvalue weighted by Gasteiger charge is -2.16. The first-order chi connectivity index (χ1) is 9.11. The molecule has 0 aliphatic rings. The number of benzene rings is 2. The monoisotopic (exact) mass is 275 g/mol. The van der Waals surface area contributed by atoms with E-state index in [0.29, 0.717) is 5.02 Å². The van der Waals surface area contributed by atoms with Crippen LogP contribution in [0.2, 0.25) is 5.02 Å². The molecule has 4 heteroatoms. The standard InChI is InChI=1S/C15H11ClFNO/c1-10(11-4-2-5-12(16)8-11)19-15-7-3-6-14(17)13(15)9-18/h2-8,10H,1H3/t10-/m0/s1. The summed E-state index contributed by atoms with van der Waals surface area (Å²) in [5.41, 5.74) is 0.775. The van der Waals surface area contributed by atoms with Crippen molar-refractivity contribution in [3.63, 3.8) is 0 Å². The first-order valence-corrected chi connectivity index (χ1v) is 6.10. The third-order valence-corrected chi connectivity index (χ3v) is 2.94. The SMILES string of the molecule is C[C@H](Oc1cccc(F)c1C#N)c1cccc(Cl)c1. The van der Waals surface area contributed by atoms with E-state index in [2.05, 4.69) is 0 Å². The second kappa shape index (κ2) is 5.73. The van der Waals surface area contributed by atoms with Gasteiger partial charge in [0, 0.05) is 5.02 Å². The zero-order valence-electron chi connectivity index (χ0n) is 10.2. The van der Waals surface area contributed by atoms with Crippen LogP contribution in [0, 0.1) is 17.1 Å². The number of nitrogens with zero attached hydrogens (tertiary/aromatic N) is 1. The Morgan fingerprint density at radius 2 is 2.00 bits per heavy atom. The molecule has 0 fully saturated rings. The van der Waals surface area contributed by atoms with E-state index in [9.17, 15) is 4.39 Å². The van der Waals surface area contributed by atoms with E-state index in [-0.39, 0.29) is 17.4 Å². The Bertz CT molecular complexity index is 636. The molecule has 0 aliphatic heterocycles. The molecule has 96 valence electrons. The highest BCUT2D eigenvalue weighted by atomic mass is 35.5. The number of hydrogen-bond donors (Lipinski definition) is 0. The summed E-state index contributed by atoms with van der Waals surface area (Å²) in [6.45, 7) is 1.82.